The summed E-state index contributed by atoms with van der Waals surface area (Å²) in [6.07, 6.45) is 18.9. The Morgan fingerprint density at radius 2 is 1.49 bits per heavy atom. The molecule has 0 aromatic heterocycles. The lowest BCUT2D eigenvalue weighted by Gasteiger charge is -2.22. The Balaban J connectivity index is 2.01. The molecule has 1 aliphatic rings. The van der Waals surface area contributed by atoms with Gasteiger partial charge in [0.1, 0.15) is 26.2 Å². The van der Waals surface area contributed by atoms with Gasteiger partial charge in [-0.05, 0) is 25.7 Å². The predicted molar refractivity (Wildman–Crippen MR) is 150 cm³/mol. The van der Waals surface area contributed by atoms with Gasteiger partial charge in [0.25, 0.3) is 0 Å². The Morgan fingerprint density at radius 1 is 0.892 bits per heavy atom. The zero-order valence-electron chi connectivity index (χ0n) is 24.1. The molecule has 216 valence electrons. The summed E-state index contributed by atoms with van der Waals surface area (Å²) >= 11 is 0. The molecule has 0 aromatic carbocycles. The van der Waals surface area contributed by atoms with Crippen molar-refractivity contribution in [1.29, 1.82) is 0 Å². The highest BCUT2D eigenvalue weighted by Crippen LogP contribution is 2.25. The molecule has 1 rings (SSSR count). The van der Waals surface area contributed by atoms with Crippen LogP contribution in [0.5, 0.6) is 0 Å². The van der Waals surface area contributed by atoms with E-state index in [0.29, 0.717) is 19.6 Å². The van der Waals surface area contributed by atoms with Crippen molar-refractivity contribution in [2.45, 2.75) is 146 Å². The second-order valence-corrected chi connectivity index (χ2v) is 10.6. The zero-order chi connectivity index (χ0) is 27.1. The van der Waals surface area contributed by atoms with Gasteiger partial charge in [-0.1, -0.05) is 84.0 Å². The standard InChI is InChI=1S/C29H56BNO6/c1-4-5-6-7-8-9-10-11-12-13-14-15-16-20-26(33)31-24(22-32)19-17-18-21-36-28-27(35-3)25(23-34-2)37-29(28)30/h24-25,27-29,32H,4-23H2,1-3H3,(H,31,33)/t24?,25-,27+,28?,29-/m1/s1. The van der Waals surface area contributed by atoms with Gasteiger partial charge in [0.15, 0.2) is 0 Å². The Bertz CT molecular complexity index is 541. The number of aliphatic hydroxyl groups excluding tert-OH is 1. The van der Waals surface area contributed by atoms with Crippen molar-refractivity contribution >= 4 is 13.8 Å². The first-order chi connectivity index (χ1) is 18.1. The molecular formula is C29H56BNO6. The summed E-state index contributed by atoms with van der Waals surface area (Å²) in [4.78, 5) is 12.3. The van der Waals surface area contributed by atoms with Crippen molar-refractivity contribution in [3.63, 3.8) is 0 Å². The maximum absolute atomic E-state index is 12.3. The fraction of sp³-hybridized carbons (Fsp3) is 0.966. The molecule has 1 amide bonds. The second-order valence-electron chi connectivity index (χ2n) is 10.6. The van der Waals surface area contributed by atoms with E-state index in [1.165, 1.54) is 70.6 Å². The molecular weight excluding hydrogens is 469 g/mol. The van der Waals surface area contributed by atoms with Crippen molar-refractivity contribution in [2.24, 2.45) is 0 Å². The van der Waals surface area contributed by atoms with Crippen LogP contribution in [-0.4, -0.2) is 83.3 Å². The number of nitrogens with one attached hydrogen (secondary N) is 1. The second kappa shape index (κ2) is 23.2. The number of hydrogen-bond acceptors (Lipinski definition) is 6. The third-order valence-corrected chi connectivity index (χ3v) is 7.30. The van der Waals surface area contributed by atoms with Crippen LogP contribution >= 0.6 is 0 Å². The number of carbonyl (C=O) groups is 1. The first kappa shape index (κ1) is 34.4. The highest BCUT2D eigenvalue weighted by Gasteiger charge is 2.42. The Labute approximate surface area is 228 Å². The quantitative estimate of drug-likeness (QED) is 0.128. The molecule has 7 nitrogen and oxygen atoms in total. The van der Waals surface area contributed by atoms with E-state index in [2.05, 4.69) is 12.2 Å². The Kier molecular flexibility index (Phi) is 21.6. The molecule has 1 saturated heterocycles. The normalized spacial score (nSPS) is 22.4. The number of aliphatic hydroxyl groups is 1. The average molecular weight is 526 g/mol. The van der Waals surface area contributed by atoms with Gasteiger partial charge in [-0.2, -0.15) is 0 Å². The van der Waals surface area contributed by atoms with Gasteiger partial charge in [0, 0.05) is 33.3 Å². The van der Waals surface area contributed by atoms with Crippen molar-refractivity contribution in [3.8, 4) is 0 Å². The summed E-state index contributed by atoms with van der Waals surface area (Å²) < 4.78 is 22.3. The van der Waals surface area contributed by atoms with Crippen LogP contribution in [0.15, 0.2) is 0 Å². The summed E-state index contributed by atoms with van der Waals surface area (Å²) in [7, 11) is 9.29. The van der Waals surface area contributed by atoms with E-state index in [4.69, 9.17) is 26.8 Å². The van der Waals surface area contributed by atoms with E-state index in [-0.39, 0.29) is 36.9 Å². The number of hydrogen-bond donors (Lipinski definition) is 2. The van der Waals surface area contributed by atoms with Crippen LogP contribution in [0, 0.1) is 0 Å². The van der Waals surface area contributed by atoms with Gasteiger partial charge in [0.2, 0.25) is 5.91 Å². The minimum absolute atomic E-state index is 0.0413. The lowest BCUT2D eigenvalue weighted by molar-refractivity contribution is -0.122. The average Bonchev–Trinajstić information content (AvgIpc) is 3.19. The Morgan fingerprint density at radius 3 is 2.03 bits per heavy atom. The lowest BCUT2D eigenvalue weighted by Crippen LogP contribution is -2.39. The molecule has 0 spiro atoms. The van der Waals surface area contributed by atoms with Crippen LogP contribution in [0.4, 0.5) is 0 Å². The molecule has 1 heterocycles. The third kappa shape index (κ3) is 16.1. The first-order valence-corrected chi connectivity index (χ1v) is 15.0. The lowest BCUT2D eigenvalue weighted by atomic mass is 9.92. The largest absolute Gasteiger partial charge is 0.394 e. The maximum Gasteiger partial charge on any atom is 0.220 e. The molecule has 5 atom stereocenters. The Hall–Kier alpha value is -0.665. The highest BCUT2D eigenvalue weighted by atomic mass is 16.6. The van der Waals surface area contributed by atoms with E-state index in [1.807, 2.05) is 0 Å². The molecule has 0 bridgehead atoms. The van der Waals surface area contributed by atoms with Gasteiger partial charge in [0.05, 0.1) is 19.3 Å². The van der Waals surface area contributed by atoms with E-state index in [1.54, 1.807) is 14.2 Å². The van der Waals surface area contributed by atoms with Crippen LogP contribution in [0.1, 0.15) is 116 Å². The monoisotopic (exact) mass is 525 g/mol. The molecule has 0 saturated carbocycles. The van der Waals surface area contributed by atoms with Crippen LogP contribution in [0.25, 0.3) is 0 Å². The van der Waals surface area contributed by atoms with Gasteiger partial charge in [-0.25, -0.2) is 0 Å². The van der Waals surface area contributed by atoms with Crippen LogP contribution in [-0.2, 0) is 23.7 Å². The highest BCUT2D eigenvalue weighted by molar-refractivity contribution is 6.11. The van der Waals surface area contributed by atoms with E-state index in [9.17, 15) is 9.90 Å². The maximum atomic E-state index is 12.3. The minimum Gasteiger partial charge on any atom is -0.394 e. The van der Waals surface area contributed by atoms with Crippen LogP contribution < -0.4 is 5.32 Å². The summed E-state index contributed by atoms with van der Waals surface area (Å²) in [5.41, 5.74) is 0. The predicted octanol–water partition coefficient (Wildman–Crippen LogP) is 5.06. The van der Waals surface area contributed by atoms with Crippen molar-refractivity contribution < 1.29 is 28.8 Å². The fourth-order valence-corrected chi connectivity index (χ4v) is 5.05. The van der Waals surface area contributed by atoms with Crippen molar-refractivity contribution in [3.05, 3.63) is 0 Å². The SMILES string of the molecule is [B][C@@H]1O[C@H](COC)[C@H](OC)C1OCCCCC(CO)NC(=O)CCCCCCCCCCCCCCC. The number of carbonyl (C=O) groups excluding carboxylic acids is 1. The van der Waals surface area contributed by atoms with Crippen LogP contribution in [0.2, 0.25) is 0 Å². The smallest absolute Gasteiger partial charge is 0.220 e. The fourth-order valence-electron chi connectivity index (χ4n) is 5.05. The molecule has 8 heteroatoms. The number of amides is 1. The number of rotatable bonds is 25. The number of unbranched alkanes of at least 4 members (excludes halogenated alkanes) is 13. The van der Waals surface area contributed by atoms with Gasteiger partial charge < -0.3 is 29.4 Å². The minimum atomic E-state index is -0.542. The van der Waals surface area contributed by atoms with Crippen LogP contribution in [0.3, 0.4) is 0 Å². The summed E-state index contributed by atoms with van der Waals surface area (Å²) in [5, 5.41) is 12.6. The molecule has 37 heavy (non-hydrogen) atoms. The molecule has 0 aliphatic carbocycles. The van der Waals surface area contributed by atoms with Gasteiger partial charge in [-0.3, -0.25) is 4.79 Å². The topological polar surface area (TPSA) is 86.2 Å². The molecule has 1 fully saturated rings. The van der Waals surface area contributed by atoms with E-state index in [0.717, 1.165) is 32.1 Å². The molecule has 2 N–H and O–H groups in total. The third-order valence-electron chi connectivity index (χ3n) is 7.30. The number of methoxy groups -OCH3 is 2. The van der Waals surface area contributed by atoms with E-state index < -0.39 is 6.00 Å². The molecule has 1 aliphatic heterocycles. The van der Waals surface area contributed by atoms with Gasteiger partial charge >= 0.3 is 0 Å². The molecule has 0 aromatic rings. The summed E-state index contributed by atoms with van der Waals surface area (Å²) in [6.45, 7) is 3.15. The van der Waals surface area contributed by atoms with Gasteiger partial charge in [-0.15, -0.1) is 0 Å². The summed E-state index contributed by atoms with van der Waals surface area (Å²) in [5.74, 6) is 0.0413. The first-order valence-electron chi connectivity index (χ1n) is 15.0. The molecule has 2 radical (unpaired) electrons. The van der Waals surface area contributed by atoms with E-state index >= 15 is 0 Å². The summed E-state index contributed by atoms with van der Waals surface area (Å²) in [6, 6.07) is -0.746. The zero-order valence-corrected chi connectivity index (χ0v) is 24.1. The van der Waals surface area contributed by atoms with Crippen molar-refractivity contribution in [2.75, 3.05) is 34.0 Å². The number of ether oxygens (including phenoxy) is 4. The molecule has 2 unspecified atom stereocenters. The van der Waals surface area contributed by atoms with Crippen molar-refractivity contribution in [1.82, 2.24) is 5.32 Å².